The van der Waals surface area contributed by atoms with Gasteiger partial charge in [0, 0.05) is 4.90 Å². The molecule has 0 bridgehead atoms. The van der Waals surface area contributed by atoms with E-state index < -0.39 is 35.4 Å². The van der Waals surface area contributed by atoms with Crippen molar-refractivity contribution in [3.8, 4) is 0 Å². The maximum Gasteiger partial charge on any atom is 0.419 e. The van der Waals surface area contributed by atoms with Crippen LogP contribution in [0.15, 0.2) is 35.2 Å². The van der Waals surface area contributed by atoms with Crippen LogP contribution in [0.5, 0.6) is 0 Å². The van der Waals surface area contributed by atoms with E-state index in [-0.39, 0.29) is 0 Å². The van der Waals surface area contributed by atoms with Crippen LogP contribution < -0.4 is 0 Å². The van der Waals surface area contributed by atoms with Gasteiger partial charge in [-0.05, 0) is 53.7 Å². The number of halogens is 1. The fourth-order valence-corrected chi connectivity index (χ4v) is 2.52. The Hall–Kier alpha value is -1.76. The quantitative estimate of drug-likeness (QED) is 0.677. The molecule has 0 saturated heterocycles. The number of ether oxygens (including phenoxy) is 2. The minimum absolute atomic E-state index is 0.469. The molecule has 1 unspecified atom stereocenters. The Balaban J connectivity index is 2.85. The normalized spacial score (nSPS) is 13.1. The third kappa shape index (κ3) is 8.77. The van der Waals surface area contributed by atoms with E-state index in [1.165, 1.54) is 0 Å². The Bertz CT molecular complexity index is 553. The molecule has 1 aromatic carbocycles. The van der Waals surface area contributed by atoms with Crippen LogP contribution >= 0.6 is 11.8 Å². The van der Waals surface area contributed by atoms with Crippen LogP contribution in [0.3, 0.4) is 0 Å². The molecule has 5 nitrogen and oxygen atoms in total. The standard InChI is InChI=1S/C18H26FNO4S/c1-17(2,3)23-15(21)20(16(22)24-18(4,5)6)12-14(19)25-13-10-8-7-9-11-13/h7-11,14H,12H2,1-6H3. The van der Waals surface area contributed by atoms with E-state index in [1.54, 1.807) is 65.8 Å². The summed E-state index contributed by atoms with van der Waals surface area (Å²) in [5.41, 5.74) is -3.13. The zero-order chi connectivity index (χ0) is 19.3. The second-order valence-corrected chi connectivity index (χ2v) is 8.63. The van der Waals surface area contributed by atoms with Gasteiger partial charge in [-0.25, -0.2) is 18.9 Å². The molecule has 140 valence electrons. The van der Waals surface area contributed by atoms with Gasteiger partial charge in [0.25, 0.3) is 0 Å². The minimum Gasteiger partial charge on any atom is -0.443 e. The van der Waals surface area contributed by atoms with Crippen molar-refractivity contribution < 1.29 is 23.5 Å². The molecular weight excluding hydrogens is 345 g/mol. The molecule has 0 radical (unpaired) electrons. The number of thioether (sulfide) groups is 1. The Morgan fingerprint density at radius 2 is 1.44 bits per heavy atom. The van der Waals surface area contributed by atoms with E-state index in [9.17, 15) is 14.0 Å². The van der Waals surface area contributed by atoms with E-state index >= 15 is 0 Å². The van der Waals surface area contributed by atoms with Crippen LogP contribution in [0.4, 0.5) is 14.0 Å². The lowest BCUT2D eigenvalue weighted by molar-refractivity contribution is -0.000347. The van der Waals surface area contributed by atoms with Crippen LogP contribution in [0.1, 0.15) is 41.5 Å². The van der Waals surface area contributed by atoms with Gasteiger partial charge in [-0.1, -0.05) is 30.0 Å². The van der Waals surface area contributed by atoms with Crippen molar-refractivity contribution in [1.82, 2.24) is 4.90 Å². The molecule has 25 heavy (non-hydrogen) atoms. The molecule has 0 N–H and O–H groups in total. The van der Waals surface area contributed by atoms with Crippen LogP contribution in [0, 0.1) is 0 Å². The van der Waals surface area contributed by atoms with Gasteiger partial charge in [-0.15, -0.1) is 0 Å². The second-order valence-electron chi connectivity index (χ2n) is 7.41. The van der Waals surface area contributed by atoms with Gasteiger partial charge in [0.2, 0.25) is 0 Å². The Morgan fingerprint density at radius 3 is 1.84 bits per heavy atom. The van der Waals surface area contributed by atoms with E-state index in [0.717, 1.165) is 11.8 Å². The fraction of sp³-hybridized carbons (Fsp3) is 0.556. The molecule has 1 aromatic rings. The molecule has 0 saturated carbocycles. The molecule has 0 fully saturated rings. The maximum absolute atomic E-state index is 14.4. The summed E-state index contributed by atoms with van der Waals surface area (Å²) in [5, 5.41) is 0. The first-order chi connectivity index (χ1) is 11.4. The van der Waals surface area contributed by atoms with Crippen LogP contribution in [0.25, 0.3) is 0 Å². The number of amides is 2. The molecule has 0 aliphatic carbocycles. The molecule has 0 aliphatic rings. The van der Waals surface area contributed by atoms with Crippen molar-refractivity contribution >= 4 is 23.9 Å². The lowest BCUT2D eigenvalue weighted by Crippen LogP contribution is -2.45. The second kappa shape index (κ2) is 8.56. The van der Waals surface area contributed by atoms with Gasteiger partial charge in [-0.3, -0.25) is 0 Å². The van der Waals surface area contributed by atoms with Gasteiger partial charge in [0.05, 0.1) is 6.54 Å². The number of nitrogens with zero attached hydrogens (tertiary/aromatic N) is 1. The highest BCUT2D eigenvalue weighted by molar-refractivity contribution is 7.99. The first-order valence-corrected chi connectivity index (χ1v) is 8.84. The summed E-state index contributed by atoms with van der Waals surface area (Å²) < 4.78 is 24.8. The number of carbonyl (C=O) groups excluding carboxylic acids is 2. The van der Waals surface area contributed by atoms with Crippen molar-refractivity contribution in [2.75, 3.05) is 6.54 Å². The number of imide groups is 1. The average molecular weight is 371 g/mol. The zero-order valence-corrected chi connectivity index (χ0v) is 16.4. The number of hydrogen-bond acceptors (Lipinski definition) is 5. The average Bonchev–Trinajstić information content (AvgIpc) is 2.41. The van der Waals surface area contributed by atoms with Crippen molar-refractivity contribution in [3.05, 3.63) is 30.3 Å². The summed E-state index contributed by atoms with van der Waals surface area (Å²) in [6.07, 6.45) is -1.86. The number of benzene rings is 1. The first-order valence-electron chi connectivity index (χ1n) is 7.97. The summed E-state index contributed by atoms with van der Waals surface area (Å²) in [6, 6.07) is 8.90. The monoisotopic (exact) mass is 371 g/mol. The number of rotatable bonds is 4. The summed E-state index contributed by atoms with van der Waals surface area (Å²) in [5.74, 6) is 0. The van der Waals surface area contributed by atoms with E-state index in [4.69, 9.17) is 9.47 Å². The first kappa shape index (κ1) is 21.3. The SMILES string of the molecule is CC(C)(C)OC(=O)N(CC(F)Sc1ccccc1)C(=O)OC(C)(C)C. The van der Waals surface area contributed by atoms with Crippen molar-refractivity contribution in [1.29, 1.82) is 0 Å². The predicted molar refractivity (Wildman–Crippen MR) is 96.4 cm³/mol. The van der Waals surface area contributed by atoms with Gasteiger partial charge >= 0.3 is 12.2 Å². The van der Waals surface area contributed by atoms with Crippen molar-refractivity contribution in [3.63, 3.8) is 0 Å². The Kier molecular flexibility index (Phi) is 7.29. The molecule has 0 aliphatic heterocycles. The van der Waals surface area contributed by atoms with E-state index in [0.29, 0.717) is 9.80 Å². The molecule has 0 heterocycles. The molecule has 0 spiro atoms. The third-order valence-corrected chi connectivity index (χ3v) is 3.51. The highest BCUT2D eigenvalue weighted by atomic mass is 32.2. The lowest BCUT2D eigenvalue weighted by atomic mass is 10.2. The molecule has 1 atom stereocenters. The maximum atomic E-state index is 14.4. The smallest absolute Gasteiger partial charge is 0.419 e. The van der Waals surface area contributed by atoms with Crippen molar-refractivity contribution in [2.45, 2.75) is 63.1 Å². The summed E-state index contributed by atoms with van der Waals surface area (Å²) >= 11 is 0.919. The summed E-state index contributed by atoms with van der Waals surface area (Å²) in [4.78, 5) is 26.0. The van der Waals surface area contributed by atoms with Gasteiger partial charge in [0.1, 0.15) is 11.2 Å². The largest absolute Gasteiger partial charge is 0.443 e. The number of carbonyl (C=O) groups is 2. The lowest BCUT2D eigenvalue weighted by Gasteiger charge is -2.29. The van der Waals surface area contributed by atoms with Crippen LogP contribution in [-0.2, 0) is 9.47 Å². The van der Waals surface area contributed by atoms with E-state index in [2.05, 4.69) is 0 Å². The van der Waals surface area contributed by atoms with Gasteiger partial charge in [-0.2, -0.15) is 0 Å². The summed E-state index contributed by atoms with van der Waals surface area (Å²) in [6.45, 7) is 9.55. The highest BCUT2D eigenvalue weighted by Gasteiger charge is 2.33. The molecular formula is C18H26FNO4S. The number of hydrogen-bond donors (Lipinski definition) is 0. The van der Waals surface area contributed by atoms with Crippen LogP contribution in [0.2, 0.25) is 0 Å². The van der Waals surface area contributed by atoms with Crippen molar-refractivity contribution in [2.24, 2.45) is 0 Å². The van der Waals surface area contributed by atoms with Gasteiger partial charge < -0.3 is 9.47 Å². The number of alkyl halides is 1. The third-order valence-electron chi connectivity index (χ3n) is 2.56. The Labute approximate surface area is 152 Å². The fourth-order valence-electron chi connectivity index (χ4n) is 1.69. The summed E-state index contributed by atoms with van der Waals surface area (Å²) in [7, 11) is 0. The zero-order valence-electron chi connectivity index (χ0n) is 15.5. The van der Waals surface area contributed by atoms with Gasteiger partial charge in [0.15, 0.2) is 5.50 Å². The Morgan fingerprint density at radius 1 is 1.00 bits per heavy atom. The molecule has 7 heteroatoms. The van der Waals surface area contributed by atoms with E-state index in [1.807, 2.05) is 6.07 Å². The molecule has 0 aromatic heterocycles. The van der Waals surface area contributed by atoms with Crippen LogP contribution in [-0.4, -0.2) is 40.3 Å². The highest BCUT2D eigenvalue weighted by Crippen LogP contribution is 2.25. The topological polar surface area (TPSA) is 55.8 Å². The minimum atomic E-state index is -1.51. The molecule has 2 amide bonds. The predicted octanol–water partition coefficient (Wildman–Crippen LogP) is 5.25. The molecule has 1 rings (SSSR count).